The van der Waals surface area contributed by atoms with Crippen molar-refractivity contribution in [3.05, 3.63) is 57.7 Å². The molecular formula is C17H20FN5O3. The van der Waals surface area contributed by atoms with Gasteiger partial charge in [-0.05, 0) is 13.0 Å². The van der Waals surface area contributed by atoms with E-state index in [0.29, 0.717) is 44.8 Å². The average molecular weight is 361 g/mol. The molecule has 0 atom stereocenters. The molecule has 0 spiro atoms. The lowest BCUT2D eigenvalue weighted by molar-refractivity contribution is -0.385. The van der Waals surface area contributed by atoms with Crippen LogP contribution in [0.15, 0.2) is 30.5 Å². The minimum Gasteiger partial charge on any atom is -0.335 e. The molecular weight excluding hydrogens is 341 g/mol. The summed E-state index contributed by atoms with van der Waals surface area (Å²) in [5.41, 5.74) is 0.359. The Morgan fingerprint density at radius 2 is 1.96 bits per heavy atom. The summed E-state index contributed by atoms with van der Waals surface area (Å²) in [4.78, 5) is 27.0. The van der Waals surface area contributed by atoms with Gasteiger partial charge in [-0.15, -0.1) is 0 Å². The van der Waals surface area contributed by atoms with E-state index >= 15 is 0 Å². The Kier molecular flexibility index (Phi) is 5.27. The van der Waals surface area contributed by atoms with Crippen molar-refractivity contribution >= 4 is 11.6 Å². The van der Waals surface area contributed by atoms with E-state index in [1.165, 1.54) is 10.7 Å². The van der Waals surface area contributed by atoms with Crippen molar-refractivity contribution in [1.29, 1.82) is 0 Å². The summed E-state index contributed by atoms with van der Waals surface area (Å²) in [6.07, 6.45) is 1.12. The number of aromatic nitrogens is 2. The first-order valence-corrected chi connectivity index (χ1v) is 8.46. The molecule has 0 radical (unpaired) electrons. The van der Waals surface area contributed by atoms with Crippen LogP contribution < -0.4 is 0 Å². The molecule has 138 valence electrons. The summed E-state index contributed by atoms with van der Waals surface area (Å²) in [5.74, 6) is -0.630. The maximum absolute atomic E-state index is 13.8. The van der Waals surface area contributed by atoms with Crippen LogP contribution in [0.4, 0.5) is 10.1 Å². The highest BCUT2D eigenvalue weighted by atomic mass is 19.1. The second kappa shape index (κ2) is 7.61. The second-order valence-electron chi connectivity index (χ2n) is 6.11. The van der Waals surface area contributed by atoms with Crippen molar-refractivity contribution in [1.82, 2.24) is 19.6 Å². The molecule has 1 saturated heterocycles. The molecule has 0 aliphatic carbocycles. The summed E-state index contributed by atoms with van der Waals surface area (Å²) in [7, 11) is 0. The number of benzene rings is 1. The van der Waals surface area contributed by atoms with Crippen LogP contribution in [0, 0.1) is 15.9 Å². The van der Waals surface area contributed by atoms with E-state index in [1.54, 1.807) is 30.0 Å². The van der Waals surface area contributed by atoms with Gasteiger partial charge in [0.15, 0.2) is 0 Å². The van der Waals surface area contributed by atoms with Crippen LogP contribution >= 0.6 is 0 Å². The van der Waals surface area contributed by atoms with Gasteiger partial charge in [0.1, 0.15) is 12.0 Å². The summed E-state index contributed by atoms with van der Waals surface area (Å²) < 4.78 is 15.1. The van der Waals surface area contributed by atoms with Gasteiger partial charge in [0.2, 0.25) is 5.69 Å². The topological polar surface area (TPSA) is 84.5 Å². The number of rotatable bonds is 5. The molecule has 9 heteroatoms. The predicted molar refractivity (Wildman–Crippen MR) is 92.1 cm³/mol. The third-order valence-corrected chi connectivity index (χ3v) is 4.53. The molecule has 3 rings (SSSR count). The van der Waals surface area contributed by atoms with Gasteiger partial charge < -0.3 is 4.90 Å². The van der Waals surface area contributed by atoms with Gasteiger partial charge in [-0.2, -0.15) is 5.10 Å². The van der Waals surface area contributed by atoms with Crippen molar-refractivity contribution in [2.24, 2.45) is 0 Å². The summed E-state index contributed by atoms with van der Waals surface area (Å²) in [6, 6.07) is 6.62. The molecule has 1 aliphatic rings. The van der Waals surface area contributed by atoms with E-state index in [2.05, 4.69) is 10.00 Å². The molecule has 1 amide bonds. The number of hydrogen-bond acceptors (Lipinski definition) is 5. The normalized spacial score (nSPS) is 15.2. The number of carbonyl (C=O) groups is 1. The van der Waals surface area contributed by atoms with Crippen LogP contribution in [0.1, 0.15) is 23.0 Å². The maximum Gasteiger partial charge on any atom is 0.320 e. The highest BCUT2D eigenvalue weighted by Gasteiger charge is 2.31. The Balaban J connectivity index is 1.67. The van der Waals surface area contributed by atoms with Gasteiger partial charge in [0.05, 0.1) is 4.92 Å². The molecule has 1 fully saturated rings. The lowest BCUT2D eigenvalue weighted by Gasteiger charge is -2.34. The average Bonchev–Trinajstić information content (AvgIpc) is 3.08. The number of nitrogens with zero attached hydrogens (tertiary/aromatic N) is 5. The van der Waals surface area contributed by atoms with Crippen LogP contribution in [-0.4, -0.2) is 56.6 Å². The molecule has 26 heavy (non-hydrogen) atoms. The van der Waals surface area contributed by atoms with Gasteiger partial charge in [-0.3, -0.25) is 24.5 Å². The quantitative estimate of drug-likeness (QED) is 0.600. The second-order valence-corrected chi connectivity index (χ2v) is 6.11. The van der Waals surface area contributed by atoms with E-state index in [4.69, 9.17) is 0 Å². The van der Waals surface area contributed by atoms with E-state index in [9.17, 15) is 19.3 Å². The first kappa shape index (κ1) is 18.0. The minimum atomic E-state index is -0.583. The van der Waals surface area contributed by atoms with Crippen molar-refractivity contribution in [2.75, 3.05) is 26.2 Å². The lowest BCUT2D eigenvalue weighted by atomic mass is 10.2. The van der Waals surface area contributed by atoms with Crippen LogP contribution in [0.2, 0.25) is 0 Å². The molecule has 2 heterocycles. The number of halogens is 1. The van der Waals surface area contributed by atoms with Crippen LogP contribution in [-0.2, 0) is 13.1 Å². The number of piperazine rings is 1. The fourth-order valence-corrected chi connectivity index (χ4v) is 3.10. The van der Waals surface area contributed by atoms with Crippen molar-refractivity contribution < 1.29 is 14.1 Å². The van der Waals surface area contributed by atoms with Gasteiger partial charge >= 0.3 is 5.69 Å². The number of aryl methyl sites for hydroxylation is 1. The molecule has 1 aliphatic heterocycles. The zero-order valence-electron chi connectivity index (χ0n) is 14.5. The van der Waals surface area contributed by atoms with E-state index in [-0.39, 0.29) is 23.1 Å². The van der Waals surface area contributed by atoms with Gasteiger partial charge in [0.25, 0.3) is 5.91 Å². The summed E-state index contributed by atoms with van der Waals surface area (Å²) in [5, 5.41) is 15.1. The Morgan fingerprint density at radius 1 is 1.27 bits per heavy atom. The van der Waals surface area contributed by atoms with Crippen molar-refractivity contribution in [2.45, 2.75) is 20.0 Å². The fourth-order valence-electron chi connectivity index (χ4n) is 3.10. The molecule has 0 unspecified atom stereocenters. The monoisotopic (exact) mass is 361 g/mol. The summed E-state index contributed by atoms with van der Waals surface area (Å²) in [6.45, 7) is 4.64. The standard InChI is InChI=1S/C17H20FN5O3/c1-2-22-16(15(11-19-22)23(25)26)17(24)21-9-7-20(8-10-21)12-13-5-3-4-6-14(13)18/h3-6,11H,2,7-10,12H2,1H3. The molecule has 0 saturated carbocycles. The Labute approximate surface area is 150 Å². The zero-order chi connectivity index (χ0) is 18.7. The molecule has 1 aromatic heterocycles. The van der Waals surface area contributed by atoms with Crippen molar-refractivity contribution in [3.8, 4) is 0 Å². The van der Waals surface area contributed by atoms with Crippen molar-refractivity contribution in [3.63, 3.8) is 0 Å². The lowest BCUT2D eigenvalue weighted by Crippen LogP contribution is -2.48. The smallest absolute Gasteiger partial charge is 0.320 e. The number of amides is 1. The van der Waals surface area contributed by atoms with E-state index in [1.807, 2.05) is 0 Å². The predicted octanol–water partition coefficient (Wildman–Crippen LogP) is 1.91. The van der Waals surface area contributed by atoms with Gasteiger partial charge in [-0.1, -0.05) is 18.2 Å². The number of nitro groups is 1. The largest absolute Gasteiger partial charge is 0.335 e. The van der Waals surface area contributed by atoms with E-state index in [0.717, 1.165) is 6.20 Å². The zero-order valence-corrected chi connectivity index (χ0v) is 14.5. The Hall–Kier alpha value is -2.81. The first-order valence-electron chi connectivity index (χ1n) is 8.46. The third-order valence-electron chi connectivity index (χ3n) is 4.53. The number of carbonyl (C=O) groups excluding carboxylic acids is 1. The van der Waals surface area contributed by atoms with Gasteiger partial charge in [0, 0.05) is 44.8 Å². The molecule has 1 aromatic carbocycles. The first-order chi connectivity index (χ1) is 12.5. The van der Waals surface area contributed by atoms with Gasteiger partial charge in [-0.25, -0.2) is 4.39 Å². The molecule has 0 bridgehead atoms. The molecule has 2 aromatic rings. The van der Waals surface area contributed by atoms with Crippen LogP contribution in [0.5, 0.6) is 0 Å². The van der Waals surface area contributed by atoms with Crippen LogP contribution in [0.25, 0.3) is 0 Å². The molecule has 8 nitrogen and oxygen atoms in total. The Morgan fingerprint density at radius 3 is 2.58 bits per heavy atom. The molecule has 0 N–H and O–H groups in total. The third kappa shape index (κ3) is 3.57. The van der Waals surface area contributed by atoms with E-state index < -0.39 is 4.92 Å². The minimum absolute atomic E-state index is 0.0139. The Bertz CT molecular complexity index is 814. The maximum atomic E-state index is 13.8. The fraction of sp³-hybridized carbons (Fsp3) is 0.412. The number of hydrogen-bond donors (Lipinski definition) is 0. The SMILES string of the molecule is CCn1ncc([N+](=O)[O-])c1C(=O)N1CCN(Cc2ccccc2F)CC1. The summed E-state index contributed by atoms with van der Waals surface area (Å²) >= 11 is 0. The van der Waals surface area contributed by atoms with Crippen LogP contribution in [0.3, 0.4) is 0 Å². The highest BCUT2D eigenvalue weighted by molar-refractivity contribution is 5.96. The highest BCUT2D eigenvalue weighted by Crippen LogP contribution is 2.21.